The first-order valence-electron chi connectivity index (χ1n) is 8.32. The van der Waals surface area contributed by atoms with Gasteiger partial charge in [0.05, 0.1) is 19.3 Å². The summed E-state index contributed by atoms with van der Waals surface area (Å²) in [4.78, 5) is 24.4. The number of hydrogen-bond acceptors (Lipinski definition) is 6. The third-order valence-corrected chi connectivity index (χ3v) is 4.52. The number of carbonyl (C=O) groups is 1. The van der Waals surface area contributed by atoms with E-state index in [-0.39, 0.29) is 10.7 Å². The molecule has 3 aromatic heterocycles. The molecule has 0 saturated heterocycles. The van der Waals surface area contributed by atoms with Crippen molar-refractivity contribution in [3.63, 3.8) is 0 Å². The number of methoxy groups -OCH3 is 1. The van der Waals surface area contributed by atoms with Crippen LogP contribution in [0.3, 0.4) is 0 Å². The van der Waals surface area contributed by atoms with E-state index in [9.17, 15) is 4.79 Å². The van der Waals surface area contributed by atoms with E-state index < -0.39 is 5.91 Å². The third kappa shape index (κ3) is 3.25. The van der Waals surface area contributed by atoms with E-state index in [1.165, 1.54) is 6.33 Å². The van der Waals surface area contributed by atoms with Crippen LogP contribution in [0, 0.1) is 0 Å². The van der Waals surface area contributed by atoms with E-state index in [2.05, 4.69) is 20.1 Å². The number of rotatable bonds is 5. The maximum absolute atomic E-state index is 11.9. The highest BCUT2D eigenvalue weighted by Gasteiger charge is 2.21. The zero-order valence-corrected chi connectivity index (χ0v) is 15.6. The molecule has 1 aromatic carbocycles. The highest BCUT2D eigenvalue weighted by atomic mass is 35.5. The lowest BCUT2D eigenvalue weighted by Crippen LogP contribution is -2.13. The molecular weight excluding hydrogens is 380 g/mol. The van der Waals surface area contributed by atoms with Crippen LogP contribution >= 0.6 is 11.6 Å². The first kappa shape index (κ1) is 17.9. The fourth-order valence-electron chi connectivity index (χ4n) is 2.93. The minimum Gasteiger partial charge on any atom is -0.497 e. The van der Waals surface area contributed by atoms with Crippen molar-refractivity contribution in [2.24, 2.45) is 5.73 Å². The number of ether oxygens (including phenoxy) is 1. The molecule has 0 unspecified atom stereocenters. The number of nitrogens with two attached hydrogens (primary N) is 1. The second kappa shape index (κ2) is 7.24. The maximum atomic E-state index is 11.9. The summed E-state index contributed by atoms with van der Waals surface area (Å²) < 4.78 is 6.89. The molecule has 140 valence electrons. The second-order valence-corrected chi connectivity index (χ2v) is 6.38. The van der Waals surface area contributed by atoms with Gasteiger partial charge >= 0.3 is 0 Å². The van der Waals surface area contributed by atoms with Crippen LogP contribution in [0.2, 0.25) is 5.15 Å². The average Bonchev–Trinajstić information content (AvgIpc) is 3.11. The quantitative estimate of drug-likeness (QED) is 0.521. The zero-order chi connectivity index (χ0) is 19.7. The highest BCUT2D eigenvalue weighted by molar-refractivity contribution is 6.34. The van der Waals surface area contributed by atoms with Gasteiger partial charge in [-0.05, 0) is 23.8 Å². The third-order valence-electron chi connectivity index (χ3n) is 4.24. The van der Waals surface area contributed by atoms with Gasteiger partial charge in [-0.3, -0.25) is 9.48 Å². The lowest BCUT2D eigenvalue weighted by molar-refractivity contribution is 0.100. The van der Waals surface area contributed by atoms with Crippen molar-refractivity contribution < 1.29 is 9.53 Å². The fourth-order valence-corrected chi connectivity index (χ4v) is 3.20. The lowest BCUT2D eigenvalue weighted by Gasteiger charge is -2.05. The summed E-state index contributed by atoms with van der Waals surface area (Å²) in [6.07, 6.45) is 4.82. The van der Waals surface area contributed by atoms with Gasteiger partial charge in [-0.15, -0.1) is 0 Å². The summed E-state index contributed by atoms with van der Waals surface area (Å²) >= 11 is 6.24. The first-order valence-corrected chi connectivity index (χ1v) is 8.70. The smallest absolute Gasteiger partial charge is 0.254 e. The summed E-state index contributed by atoms with van der Waals surface area (Å²) in [5.74, 6) is 0.0823. The van der Waals surface area contributed by atoms with Crippen LogP contribution in [0.1, 0.15) is 15.9 Å². The summed E-state index contributed by atoms with van der Waals surface area (Å²) in [6.45, 7) is 0.484. The van der Waals surface area contributed by atoms with Crippen LogP contribution in [-0.2, 0) is 6.54 Å². The minimum atomic E-state index is -0.688. The van der Waals surface area contributed by atoms with E-state index >= 15 is 0 Å². The molecule has 0 fully saturated rings. The molecule has 0 radical (unpaired) electrons. The van der Waals surface area contributed by atoms with Gasteiger partial charge in [0.2, 0.25) is 0 Å². The van der Waals surface area contributed by atoms with E-state index in [4.69, 9.17) is 22.1 Å². The standard InChI is InChI=1S/C19H15ClN6O2/c1-28-12-4-2-11(3-5-12)8-26-9-13-16(14-6-7-22-10-23-14)24-18(20)15(19(21)27)17(13)25-26/h2-7,9-10H,8H2,1H3,(H2,21,27). The number of fused-ring (bicyclic) bond motifs is 1. The Morgan fingerprint density at radius 2 is 2.04 bits per heavy atom. The van der Waals surface area contributed by atoms with Crippen LogP contribution in [0.5, 0.6) is 5.75 Å². The van der Waals surface area contributed by atoms with Crippen LogP contribution < -0.4 is 10.5 Å². The van der Waals surface area contributed by atoms with Gasteiger partial charge in [0.25, 0.3) is 5.91 Å². The van der Waals surface area contributed by atoms with E-state index in [1.807, 2.05) is 24.3 Å². The van der Waals surface area contributed by atoms with E-state index in [0.29, 0.717) is 28.8 Å². The van der Waals surface area contributed by atoms with Crippen molar-refractivity contribution in [3.8, 4) is 17.1 Å². The van der Waals surface area contributed by atoms with Gasteiger partial charge in [0.15, 0.2) is 0 Å². The summed E-state index contributed by atoms with van der Waals surface area (Å²) in [6, 6.07) is 9.34. The monoisotopic (exact) mass is 394 g/mol. The molecule has 2 N–H and O–H groups in total. The topological polar surface area (TPSA) is 109 Å². The first-order chi connectivity index (χ1) is 13.6. The van der Waals surface area contributed by atoms with Crippen LogP contribution in [0.4, 0.5) is 0 Å². The molecule has 9 heteroatoms. The molecular formula is C19H15ClN6O2. The SMILES string of the molecule is COc1ccc(Cn2cc3c(-c4ccncn4)nc(Cl)c(C(N)=O)c3n2)cc1. The fraction of sp³-hybridized carbons (Fsp3) is 0.105. The molecule has 0 aliphatic heterocycles. The summed E-state index contributed by atoms with van der Waals surface area (Å²) in [5.41, 5.74) is 8.07. The van der Waals surface area contributed by atoms with Gasteiger partial charge in [-0.25, -0.2) is 15.0 Å². The molecule has 0 atom stereocenters. The maximum Gasteiger partial charge on any atom is 0.254 e. The molecule has 4 aromatic rings. The number of carbonyl (C=O) groups excluding carboxylic acids is 1. The number of aromatic nitrogens is 5. The zero-order valence-electron chi connectivity index (χ0n) is 14.8. The van der Waals surface area contributed by atoms with Crippen molar-refractivity contribution in [2.45, 2.75) is 6.54 Å². The molecule has 4 rings (SSSR count). The molecule has 0 saturated carbocycles. The van der Waals surface area contributed by atoms with Crippen LogP contribution in [0.15, 0.2) is 49.1 Å². The molecule has 8 nitrogen and oxygen atoms in total. The Balaban J connectivity index is 1.85. The largest absolute Gasteiger partial charge is 0.497 e. The number of halogens is 1. The van der Waals surface area contributed by atoms with Gasteiger partial charge in [-0.1, -0.05) is 23.7 Å². The Morgan fingerprint density at radius 1 is 1.25 bits per heavy atom. The van der Waals surface area contributed by atoms with Crippen molar-refractivity contribution in [1.82, 2.24) is 24.7 Å². The summed E-state index contributed by atoms with van der Waals surface area (Å²) in [5, 5.41) is 5.15. The normalized spacial score (nSPS) is 10.9. The number of pyridine rings is 1. The molecule has 1 amide bonds. The Labute approximate surface area is 165 Å². The molecule has 0 spiro atoms. The Kier molecular flexibility index (Phi) is 4.62. The van der Waals surface area contributed by atoms with E-state index in [1.54, 1.807) is 30.3 Å². The predicted octanol–water partition coefficient (Wildman–Crippen LogP) is 2.70. The number of nitrogens with zero attached hydrogens (tertiary/aromatic N) is 5. The van der Waals surface area contributed by atoms with Crippen molar-refractivity contribution in [2.75, 3.05) is 7.11 Å². The minimum absolute atomic E-state index is 0.0108. The highest BCUT2D eigenvalue weighted by Crippen LogP contribution is 2.31. The number of primary amides is 1. The van der Waals surface area contributed by atoms with Gasteiger partial charge in [-0.2, -0.15) is 5.10 Å². The van der Waals surface area contributed by atoms with Crippen LogP contribution in [-0.4, -0.2) is 37.7 Å². The summed E-state index contributed by atoms with van der Waals surface area (Å²) in [7, 11) is 1.62. The average molecular weight is 395 g/mol. The Hall–Kier alpha value is -3.52. The Morgan fingerprint density at radius 3 is 2.68 bits per heavy atom. The van der Waals surface area contributed by atoms with Gasteiger partial charge in [0, 0.05) is 17.8 Å². The van der Waals surface area contributed by atoms with Gasteiger partial charge < -0.3 is 10.5 Å². The molecule has 0 aliphatic carbocycles. The van der Waals surface area contributed by atoms with Crippen molar-refractivity contribution >= 4 is 28.4 Å². The number of benzene rings is 1. The second-order valence-electron chi connectivity index (χ2n) is 6.02. The van der Waals surface area contributed by atoms with Gasteiger partial charge in [0.1, 0.15) is 34.0 Å². The predicted molar refractivity (Wildman–Crippen MR) is 104 cm³/mol. The Bertz CT molecular complexity index is 1160. The lowest BCUT2D eigenvalue weighted by atomic mass is 10.1. The molecule has 28 heavy (non-hydrogen) atoms. The number of hydrogen-bond donors (Lipinski definition) is 1. The van der Waals surface area contributed by atoms with Crippen molar-refractivity contribution in [1.29, 1.82) is 0 Å². The number of amides is 1. The molecule has 3 heterocycles. The van der Waals surface area contributed by atoms with E-state index in [0.717, 1.165) is 11.3 Å². The molecule has 0 bridgehead atoms. The molecule has 0 aliphatic rings. The van der Waals surface area contributed by atoms with Crippen LogP contribution in [0.25, 0.3) is 22.3 Å². The van der Waals surface area contributed by atoms with Crippen molar-refractivity contribution in [3.05, 3.63) is 65.3 Å².